The molecule has 7 nitrogen and oxygen atoms in total. The number of hydrogen-bond acceptors (Lipinski definition) is 7. The number of piperazine rings is 1. The molecular weight excluding hydrogens is 431 g/mol. The van der Waals surface area contributed by atoms with Gasteiger partial charge in [0.15, 0.2) is 11.6 Å². The van der Waals surface area contributed by atoms with Gasteiger partial charge in [-0.1, -0.05) is 17.7 Å². The molecule has 3 heterocycles. The van der Waals surface area contributed by atoms with Crippen LogP contribution in [0.5, 0.6) is 11.8 Å². The molecule has 4 aliphatic rings. The third-order valence-electron chi connectivity index (χ3n) is 6.90. The summed E-state index contributed by atoms with van der Waals surface area (Å²) in [5.41, 5.74) is 4.09. The number of anilines is 2. The van der Waals surface area contributed by atoms with E-state index in [9.17, 15) is 0 Å². The van der Waals surface area contributed by atoms with Crippen LogP contribution in [-0.2, 0) is 6.42 Å². The van der Waals surface area contributed by atoms with Gasteiger partial charge in [-0.15, -0.1) is 0 Å². The number of hydrogen-bond donors (Lipinski definition) is 2. The van der Waals surface area contributed by atoms with Crippen molar-refractivity contribution < 1.29 is 9.13 Å². The van der Waals surface area contributed by atoms with Gasteiger partial charge < -0.3 is 20.3 Å². The Morgan fingerprint density at radius 3 is 2.91 bits per heavy atom. The van der Waals surface area contributed by atoms with Crippen LogP contribution < -0.4 is 20.3 Å². The number of nitrogens with zero attached hydrogens (tertiary/aromatic N) is 4. The molecule has 1 atom stereocenters. The number of nitrogens with one attached hydrogen (secondary N) is 2. The van der Waals surface area contributed by atoms with Gasteiger partial charge >= 0.3 is 6.01 Å². The largest absolute Gasteiger partial charge is 0.421 e. The molecule has 2 aliphatic carbocycles. The van der Waals surface area contributed by atoms with Gasteiger partial charge in [-0.3, -0.25) is 4.99 Å². The molecule has 34 heavy (non-hydrogen) atoms. The van der Waals surface area contributed by atoms with Gasteiger partial charge in [-0.05, 0) is 62.3 Å². The molecule has 8 heteroatoms. The zero-order valence-electron chi connectivity index (χ0n) is 19.6. The van der Waals surface area contributed by atoms with E-state index in [1.807, 2.05) is 25.1 Å². The number of ether oxygens (including phenoxy) is 1. The SMILES string of the molecule is CC1=Cc2c(ccc(Oc3nc(NC4=NCC(C5CC5)=C4)cc(N4CCNCC4C)n3)c2F)C1. The molecule has 0 amide bonds. The average molecular weight is 461 g/mol. The van der Waals surface area contributed by atoms with Crippen molar-refractivity contribution >= 4 is 23.5 Å². The van der Waals surface area contributed by atoms with Crippen molar-refractivity contribution in [2.75, 3.05) is 36.4 Å². The van der Waals surface area contributed by atoms with Crippen LogP contribution in [0.4, 0.5) is 16.0 Å². The Labute approximate surface area is 198 Å². The Kier molecular flexibility index (Phi) is 5.32. The average Bonchev–Trinajstić information content (AvgIpc) is 3.45. The molecule has 1 saturated heterocycles. The summed E-state index contributed by atoms with van der Waals surface area (Å²) in [6.07, 6.45) is 7.29. The minimum absolute atomic E-state index is 0.119. The highest BCUT2D eigenvalue weighted by atomic mass is 19.1. The van der Waals surface area contributed by atoms with Crippen molar-refractivity contribution in [2.24, 2.45) is 10.9 Å². The Bertz CT molecular complexity index is 1230. The van der Waals surface area contributed by atoms with Crippen molar-refractivity contribution in [3.63, 3.8) is 0 Å². The minimum Gasteiger partial charge on any atom is -0.421 e. The summed E-state index contributed by atoms with van der Waals surface area (Å²) in [5.74, 6) is 2.60. The Morgan fingerprint density at radius 1 is 1.21 bits per heavy atom. The number of halogens is 1. The zero-order chi connectivity index (χ0) is 23.2. The first-order valence-electron chi connectivity index (χ1n) is 12.1. The number of allylic oxidation sites excluding steroid dienone is 1. The van der Waals surface area contributed by atoms with Crippen LogP contribution in [-0.4, -0.2) is 48.0 Å². The number of aliphatic imine (C=N–C) groups is 1. The number of aromatic nitrogens is 2. The van der Waals surface area contributed by atoms with Crippen LogP contribution in [0, 0.1) is 11.7 Å². The van der Waals surface area contributed by atoms with E-state index in [4.69, 9.17) is 4.74 Å². The van der Waals surface area contributed by atoms with Crippen LogP contribution >= 0.6 is 0 Å². The predicted octanol–water partition coefficient (Wildman–Crippen LogP) is 4.33. The monoisotopic (exact) mass is 460 g/mol. The molecular formula is C26H29FN6O. The van der Waals surface area contributed by atoms with E-state index in [0.29, 0.717) is 17.3 Å². The lowest BCUT2D eigenvalue weighted by Gasteiger charge is -2.35. The van der Waals surface area contributed by atoms with E-state index in [-0.39, 0.29) is 23.6 Å². The lowest BCUT2D eigenvalue weighted by molar-refractivity contribution is 0.409. The Balaban J connectivity index is 1.32. The van der Waals surface area contributed by atoms with Gasteiger partial charge in [0.1, 0.15) is 17.5 Å². The van der Waals surface area contributed by atoms with Gasteiger partial charge in [0, 0.05) is 37.3 Å². The molecule has 1 saturated carbocycles. The fraction of sp³-hybridized carbons (Fsp3) is 0.423. The van der Waals surface area contributed by atoms with E-state index in [1.54, 1.807) is 6.07 Å². The highest BCUT2D eigenvalue weighted by molar-refractivity contribution is 6.05. The van der Waals surface area contributed by atoms with Crippen LogP contribution in [0.1, 0.15) is 37.8 Å². The van der Waals surface area contributed by atoms with Crippen molar-refractivity contribution in [1.82, 2.24) is 15.3 Å². The number of fused-ring (bicyclic) bond motifs is 1. The zero-order valence-corrected chi connectivity index (χ0v) is 19.6. The number of amidine groups is 1. The van der Waals surface area contributed by atoms with E-state index >= 15 is 4.39 Å². The number of rotatable bonds is 5. The van der Waals surface area contributed by atoms with Gasteiger partial charge in [0.2, 0.25) is 0 Å². The summed E-state index contributed by atoms with van der Waals surface area (Å²) >= 11 is 0. The fourth-order valence-corrected chi connectivity index (χ4v) is 4.90. The summed E-state index contributed by atoms with van der Waals surface area (Å²) in [5, 5.41) is 6.74. The molecule has 0 bridgehead atoms. The topological polar surface area (TPSA) is 74.7 Å². The first kappa shape index (κ1) is 21.3. The maximum atomic E-state index is 15.2. The van der Waals surface area contributed by atoms with Crippen LogP contribution in [0.3, 0.4) is 0 Å². The van der Waals surface area contributed by atoms with Crippen molar-refractivity contribution in [3.05, 3.63) is 52.4 Å². The van der Waals surface area contributed by atoms with Crippen LogP contribution in [0.2, 0.25) is 0 Å². The van der Waals surface area contributed by atoms with Gasteiger partial charge in [-0.25, -0.2) is 4.39 Å². The van der Waals surface area contributed by atoms with Crippen molar-refractivity contribution in [2.45, 2.75) is 39.2 Å². The van der Waals surface area contributed by atoms with Crippen molar-refractivity contribution in [1.29, 1.82) is 0 Å². The Hall–Kier alpha value is -3.26. The molecule has 2 aromatic rings. The van der Waals surface area contributed by atoms with E-state index in [0.717, 1.165) is 55.4 Å². The molecule has 1 unspecified atom stereocenters. The lowest BCUT2D eigenvalue weighted by Crippen LogP contribution is -2.50. The van der Waals surface area contributed by atoms with E-state index < -0.39 is 0 Å². The summed E-state index contributed by atoms with van der Waals surface area (Å²) < 4.78 is 21.2. The molecule has 2 fully saturated rings. The molecule has 1 aromatic carbocycles. The second-order valence-corrected chi connectivity index (χ2v) is 9.68. The molecule has 176 valence electrons. The first-order valence-corrected chi connectivity index (χ1v) is 12.1. The van der Waals surface area contributed by atoms with Gasteiger partial charge in [-0.2, -0.15) is 9.97 Å². The van der Waals surface area contributed by atoms with Crippen molar-refractivity contribution in [3.8, 4) is 11.8 Å². The second kappa shape index (κ2) is 8.51. The maximum absolute atomic E-state index is 15.2. The normalized spacial score (nSPS) is 21.7. The second-order valence-electron chi connectivity index (χ2n) is 9.68. The standard InChI is InChI=1S/C26H29FN6O/c1-15-9-18-5-6-21(25(27)20(18)10-15)34-26-31-23(30-22-11-19(14-29-22)17-3-4-17)12-24(32-26)33-8-7-28-13-16(33)2/h5-6,10-12,16-17,28H,3-4,7-9,13-14H2,1-2H3,(H,29,30,31,32). The molecule has 0 radical (unpaired) electrons. The smallest absolute Gasteiger partial charge is 0.326 e. The molecule has 2 N–H and O–H groups in total. The Morgan fingerprint density at radius 2 is 2.09 bits per heavy atom. The number of benzene rings is 1. The maximum Gasteiger partial charge on any atom is 0.326 e. The van der Waals surface area contributed by atoms with Crippen LogP contribution in [0.15, 0.2) is 40.4 Å². The summed E-state index contributed by atoms with van der Waals surface area (Å²) in [7, 11) is 0. The minimum atomic E-state index is -0.370. The van der Waals surface area contributed by atoms with Crippen LogP contribution in [0.25, 0.3) is 6.08 Å². The van der Waals surface area contributed by atoms with E-state index in [1.165, 1.54) is 18.4 Å². The van der Waals surface area contributed by atoms with Gasteiger partial charge in [0.05, 0.1) is 6.54 Å². The predicted molar refractivity (Wildman–Crippen MR) is 132 cm³/mol. The van der Waals surface area contributed by atoms with E-state index in [2.05, 4.69) is 43.5 Å². The molecule has 1 aromatic heterocycles. The summed E-state index contributed by atoms with van der Waals surface area (Å²) in [6, 6.07) is 5.89. The molecule has 0 spiro atoms. The molecule has 6 rings (SSSR count). The third-order valence-corrected chi connectivity index (χ3v) is 6.90. The fourth-order valence-electron chi connectivity index (χ4n) is 4.90. The highest BCUT2D eigenvalue weighted by Crippen LogP contribution is 2.38. The van der Waals surface area contributed by atoms with Gasteiger partial charge in [0.25, 0.3) is 0 Å². The highest BCUT2D eigenvalue weighted by Gasteiger charge is 2.28. The third kappa shape index (κ3) is 4.18. The summed E-state index contributed by atoms with van der Waals surface area (Å²) in [4.78, 5) is 16.1. The lowest BCUT2D eigenvalue weighted by atomic mass is 10.1. The first-order chi connectivity index (χ1) is 16.5. The quantitative estimate of drug-likeness (QED) is 0.692. The molecule has 2 aliphatic heterocycles. The summed E-state index contributed by atoms with van der Waals surface area (Å²) in [6.45, 7) is 7.47.